The fourth-order valence-corrected chi connectivity index (χ4v) is 8.44. The van der Waals surface area contributed by atoms with Crippen molar-refractivity contribution in [1.82, 2.24) is 0 Å². The summed E-state index contributed by atoms with van der Waals surface area (Å²) in [4.78, 5) is 16.9. The molecule has 9 atom stereocenters. The van der Waals surface area contributed by atoms with Crippen LogP contribution in [0, 0.1) is 34.0 Å². The summed E-state index contributed by atoms with van der Waals surface area (Å²) in [6.07, 6.45) is 8.68. The monoisotopic (exact) mass is 371 g/mol. The Hall–Kier alpha value is -1.00. The minimum Gasteiger partial charge on any atom is -0.392 e. The number of carbonyl (C=O) groups is 1. The van der Waals surface area contributed by atoms with Crippen molar-refractivity contribution in [3.63, 3.8) is 0 Å². The van der Waals surface area contributed by atoms with E-state index in [0.29, 0.717) is 18.3 Å². The molecule has 0 aromatic rings. The molecule has 6 rings (SSSR count). The predicted molar refractivity (Wildman–Crippen MR) is 104 cm³/mol. The lowest BCUT2D eigenvalue weighted by molar-refractivity contribution is -0.239. The maximum atomic E-state index is 11.9. The van der Waals surface area contributed by atoms with Gasteiger partial charge < -0.3 is 10.2 Å². The Labute approximate surface area is 162 Å². The standard InChI is InChI=1S/C23H33NO3/c1-13(25)9-18-21(3)6-4-7-22(12-24-18)16(21)11-19(26)23-8-5-15(10-17(22)23)14(2)20(23)27/h12,15-20,26-27H,2,4-11H2,1,3H3/t15-,16+,17-,18-,19+,20-,21+,22-,23+/m0/s1. The van der Waals surface area contributed by atoms with Crippen molar-refractivity contribution < 1.29 is 15.0 Å². The van der Waals surface area contributed by atoms with Crippen LogP contribution in [0.1, 0.15) is 65.2 Å². The highest BCUT2D eigenvalue weighted by Crippen LogP contribution is 2.73. The minimum atomic E-state index is -0.586. The van der Waals surface area contributed by atoms with E-state index in [-0.39, 0.29) is 28.6 Å². The average molecular weight is 372 g/mol. The molecule has 0 unspecified atom stereocenters. The lowest BCUT2D eigenvalue weighted by Gasteiger charge is -2.71. The molecular formula is C23H33NO3. The largest absolute Gasteiger partial charge is 0.392 e. The second-order valence-corrected chi connectivity index (χ2v) is 10.6. The number of nitrogens with zero attached hydrogens (tertiary/aromatic N) is 1. The van der Waals surface area contributed by atoms with Gasteiger partial charge in [-0.15, -0.1) is 0 Å². The molecule has 4 nitrogen and oxygen atoms in total. The van der Waals surface area contributed by atoms with Crippen LogP contribution in [0.5, 0.6) is 0 Å². The van der Waals surface area contributed by atoms with E-state index in [2.05, 4.69) is 19.7 Å². The summed E-state index contributed by atoms with van der Waals surface area (Å²) in [5.74, 6) is 1.21. The number of hydrogen-bond donors (Lipinski definition) is 2. The summed E-state index contributed by atoms with van der Waals surface area (Å²) in [5, 5.41) is 22.6. The molecular weight excluding hydrogens is 338 g/mol. The zero-order valence-corrected chi connectivity index (χ0v) is 16.7. The highest BCUT2D eigenvalue weighted by molar-refractivity contribution is 5.78. The number of aliphatic hydroxyl groups excluding tert-OH is 2. The molecule has 6 aliphatic rings. The summed E-state index contributed by atoms with van der Waals surface area (Å²) < 4.78 is 0. The molecule has 0 aromatic heterocycles. The summed E-state index contributed by atoms with van der Waals surface area (Å²) in [5.41, 5.74) is 0.451. The average Bonchev–Trinajstić information content (AvgIpc) is 2.62. The quantitative estimate of drug-likeness (QED) is 0.732. The molecule has 0 saturated heterocycles. The summed E-state index contributed by atoms with van der Waals surface area (Å²) >= 11 is 0. The Balaban J connectivity index is 1.64. The van der Waals surface area contributed by atoms with Gasteiger partial charge in [-0.05, 0) is 74.2 Å². The van der Waals surface area contributed by atoms with Crippen LogP contribution in [0.25, 0.3) is 0 Å². The molecule has 1 spiro atoms. The summed E-state index contributed by atoms with van der Waals surface area (Å²) in [6.45, 7) is 8.19. The van der Waals surface area contributed by atoms with Crippen molar-refractivity contribution in [3.05, 3.63) is 12.2 Å². The third-order valence-corrected chi connectivity index (χ3v) is 9.71. The third-order valence-electron chi connectivity index (χ3n) is 9.71. The van der Waals surface area contributed by atoms with E-state index in [0.717, 1.165) is 50.5 Å². The molecule has 1 heterocycles. The Kier molecular flexibility index (Phi) is 3.70. The molecule has 4 bridgehead atoms. The molecule has 0 amide bonds. The van der Waals surface area contributed by atoms with Gasteiger partial charge in [0.25, 0.3) is 0 Å². The second kappa shape index (κ2) is 5.54. The van der Waals surface area contributed by atoms with Crippen LogP contribution < -0.4 is 0 Å². The van der Waals surface area contributed by atoms with Crippen LogP contribution in [-0.4, -0.2) is 40.5 Å². The van der Waals surface area contributed by atoms with Crippen LogP contribution >= 0.6 is 0 Å². The molecule has 4 heteroatoms. The maximum Gasteiger partial charge on any atom is 0.131 e. The Morgan fingerprint density at radius 2 is 2.04 bits per heavy atom. The first-order chi connectivity index (χ1) is 12.8. The van der Waals surface area contributed by atoms with E-state index in [9.17, 15) is 15.0 Å². The molecule has 0 aromatic carbocycles. The van der Waals surface area contributed by atoms with Crippen molar-refractivity contribution in [1.29, 1.82) is 0 Å². The smallest absolute Gasteiger partial charge is 0.131 e. The van der Waals surface area contributed by atoms with Crippen LogP contribution in [0.4, 0.5) is 0 Å². The first kappa shape index (κ1) is 18.1. The van der Waals surface area contributed by atoms with E-state index in [1.54, 1.807) is 6.92 Å². The number of fused-ring (bicyclic) bond motifs is 2. The fraction of sp³-hybridized carbons (Fsp3) is 0.826. The fourth-order valence-electron chi connectivity index (χ4n) is 8.44. The first-order valence-corrected chi connectivity index (χ1v) is 10.8. The molecule has 148 valence electrons. The van der Waals surface area contributed by atoms with Gasteiger partial charge in [-0.25, -0.2) is 0 Å². The van der Waals surface area contributed by atoms with E-state index in [4.69, 9.17) is 4.99 Å². The minimum absolute atomic E-state index is 0.0279. The van der Waals surface area contributed by atoms with Gasteiger partial charge in [0.15, 0.2) is 0 Å². The van der Waals surface area contributed by atoms with Crippen molar-refractivity contribution in [2.75, 3.05) is 0 Å². The van der Waals surface area contributed by atoms with Gasteiger partial charge in [-0.1, -0.05) is 19.9 Å². The summed E-state index contributed by atoms with van der Waals surface area (Å²) in [7, 11) is 0. The molecule has 5 fully saturated rings. The lowest BCUT2D eigenvalue weighted by atomic mass is 9.34. The van der Waals surface area contributed by atoms with Gasteiger partial charge in [-0.2, -0.15) is 0 Å². The van der Waals surface area contributed by atoms with Gasteiger partial charge in [-0.3, -0.25) is 9.79 Å². The third kappa shape index (κ3) is 2.02. The lowest BCUT2D eigenvalue weighted by Crippen LogP contribution is -2.72. The molecule has 0 radical (unpaired) electrons. The molecule has 27 heavy (non-hydrogen) atoms. The second-order valence-electron chi connectivity index (χ2n) is 10.6. The first-order valence-electron chi connectivity index (χ1n) is 10.8. The van der Waals surface area contributed by atoms with Crippen molar-refractivity contribution in [3.8, 4) is 0 Å². The van der Waals surface area contributed by atoms with E-state index in [1.807, 2.05) is 0 Å². The van der Waals surface area contributed by atoms with Crippen LogP contribution in [0.15, 0.2) is 17.1 Å². The van der Waals surface area contributed by atoms with Gasteiger partial charge in [0, 0.05) is 23.5 Å². The Morgan fingerprint density at radius 3 is 2.78 bits per heavy atom. The summed E-state index contributed by atoms with van der Waals surface area (Å²) in [6, 6.07) is 0.0374. The number of aliphatic imine (C=N–C) groups is 1. The van der Waals surface area contributed by atoms with Gasteiger partial charge >= 0.3 is 0 Å². The van der Waals surface area contributed by atoms with Crippen LogP contribution in [0.3, 0.4) is 0 Å². The van der Waals surface area contributed by atoms with E-state index < -0.39 is 17.6 Å². The predicted octanol–water partition coefficient (Wildman–Crippen LogP) is 3.31. The van der Waals surface area contributed by atoms with Crippen LogP contribution in [0.2, 0.25) is 0 Å². The van der Waals surface area contributed by atoms with Crippen molar-refractivity contribution in [2.45, 2.75) is 83.5 Å². The van der Waals surface area contributed by atoms with Gasteiger partial charge in [0.2, 0.25) is 0 Å². The number of hydrogen-bond acceptors (Lipinski definition) is 4. The van der Waals surface area contributed by atoms with Gasteiger partial charge in [0.05, 0.1) is 18.2 Å². The molecule has 2 N–H and O–H groups in total. The molecule has 5 saturated carbocycles. The molecule has 1 aliphatic heterocycles. The number of carbonyl (C=O) groups excluding carboxylic acids is 1. The normalized spacial score (nSPS) is 55.8. The SMILES string of the molecule is C=C1[C@H]2CC[C@@]3([C@H](O)C[C@@H]4[C@@]5(C)CCC[C@@]4(C=N[C@H]5CC(C)=O)[C@@H]3C2)[C@H]1O. The molecule has 5 aliphatic carbocycles. The topological polar surface area (TPSA) is 69.9 Å². The highest BCUT2D eigenvalue weighted by atomic mass is 16.3. The number of rotatable bonds is 2. The van der Waals surface area contributed by atoms with Gasteiger partial charge in [0.1, 0.15) is 5.78 Å². The van der Waals surface area contributed by atoms with Crippen molar-refractivity contribution >= 4 is 12.0 Å². The van der Waals surface area contributed by atoms with E-state index >= 15 is 0 Å². The maximum absolute atomic E-state index is 11.9. The zero-order valence-electron chi connectivity index (χ0n) is 16.7. The van der Waals surface area contributed by atoms with Crippen molar-refractivity contribution in [2.24, 2.45) is 39.0 Å². The Morgan fingerprint density at radius 1 is 1.26 bits per heavy atom. The van der Waals surface area contributed by atoms with Crippen LogP contribution in [-0.2, 0) is 4.79 Å². The number of aliphatic hydroxyl groups is 2. The number of ketones is 1. The zero-order chi connectivity index (χ0) is 19.2. The Bertz CT molecular complexity index is 731. The highest BCUT2D eigenvalue weighted by Gasteiger charge is 2.72. The van der Waals surface area contributed by atoms with E-state index in [1.165, 1.54) is 0 Å². The number of Topliss-reactive ketones (excluding diaryl/α,β-unsaturated/α-hetero) is 1.